The number of nitrogens with zero attached hydrogens (tertiary/aromatic N) is 2. The Morgan fingerprint density at radius 1 is 1.50 bits per heavy atom. The van der Waals surface area contributed by atoms with Gasteiger partial charge in [-0.3, -0.25) is 4.98 Å². The Morgan fingerprint density at radius 3 is 3.06 bits per heavy atom. The van der Waals surface area contributed by atoms with Gasteiger partial charge < -0.3 is 15.0 Å². The van der Waals surface area contributed by atoms with Gasteiger partial charge in [0.1, 0.15) is 12.4 Å². The van der Waals surface area contributed by atoms with Crippen molar-refractivity contribution in [3.63, 3.8) is 0 Å². The molecule has 100 valence electrons. The fourth-order valence-electron chi connectivity index (χ4n) is 1.95. The maximum Gasteiger partial charge on any atom is 0.126 e. The highest BCUT2D eigenvalue weighted by Gasteiger charge is 2.25. The minimum atomic E-state index is 0.746. The first-order valence-electron chi connectivity index (χ1n) is 6.78. The summed E-state index contributed by atoms with van der Waals surface area (Å²) in [6.07, 6.45) is 6.35. The molecule has 1 heterocycles. The highest BCUT2D eigenvalue weighted by molar-refractivity contribution is 5.29. The van der Waals surface area contributed by atoms with E-state index in [2.05, 4.69) is 29.2 Å². The van der Waals surface area contributed by atoms with E-state index in [1.54, 1.807) is 6.20 Å². The first-order chi connectivity index (χ1) is 8.81. The highest BCUT2D eigenvalue weighted by atomic mass is 16.5. The predicted molar refractivity (Wildman–Crippen MR) is 72.8 cm³/mol. The zero-order valence-corrected chi connectivity index (χ0v) is 11.4. The van der Waals surface area contributed by atoms with Gasteiger partial charge >= 0.3 is 0 Å². The molecule has 0 atom stereocenters. The van der Waals surface area contributed by atoms with Crippen molar-refractivity contribution in [1.82, 2.24) is 15.2 Å². The smallest absolute Gasteiger partial charge is 0.126 e. The first kappa shape index (κ1) is 13.3. The van der Waals surface area contributed by atoms with E-state index in [0.29, 0.717) is 0 Å². The summed E-state index contributed by atoms with van der Waals surface area (Å²) < 4.78 is 5.86. The normalized spacial score (nSPS) is 15.1. The van der Waals surface area contributed by atoms with Gasteiger partial charge in [-0.15, -0.1) is 0 Å². The van der Waals surface area contributed by atoms with Crippen molar-refractivity contribution in [2.75, 3.05) is 26.7 Å². The van der Waals surface area contributed by atoms with Crippen LogP contribution in [0.2, 0.25) is 0 Å². The molecule has 1 fully saturated rings. The summed E-state index contributed by atoms with van der Waals surface area (Å²) in [6.45, 7) is 5.61. The first-order valence-corrected chi connectivity index (χ1v) is 6.78. The molecule has 1 aromatic rings. The number of pyridine rings is 1. The predicted octanol–water partition coefficient (Wildman–Crippen LogP) is 1.66. The van der Waals surface area contributed by atoms with Crippen LogP contribution in [0, 0.1) is 0 Å². The van der Waals surface area contributed by atoms with Crippen LogP contribution in [0.25, 0.3) is 0 Å². The van der Waals surface area contributed by atoms with Gasteiger partial charge in [-0.25, -0.2) is 0 Å². The number of ether oxygens (including phenoxy) is 1. The second kappa shape index (κ2) is 6.71. The summed E-state index contributed by atoms with van der Waals surface area (Å²) in [6, 6.07) is 2.75. The summed E-state index contributed by atoms with van der Waals surface area (Å²) in [5.41, 5.74) is 1.13. The van der Waals surface area contributed by atoms with Crippen LogP contribution in [-0.2, 0) is 6.54 Å². The molecular formula is C14H23N3O. The molecular weight excluding hydrogens is 226 g/mol. The van der Waals surface area contributed by atoms with E-state index in [0.717, 1.165) is 43.6 Å². The molecule has 0 spiro atoms. The maximum atomic E-state index is 5.86. The van der Waals surface area contributed by atoms with E-state index in [1.165, 1.54) is 12.8 Å². The van der Waals surface area contributed by atoms with Gasteiger partial charge in [0.15, 0.2) is 0 Å². The molecule has 0 amide bonds. The second-order valence-corrected chi connectivity index (χ2v) is 4.82. The van der Waals surface area contributed by atoms with Crippen molar-refractivity contribution in [2.24, 2.45) is 0 Å². The fourth-order valence-corrected chi connectivity index (χ4v) is 1.95. The third kappa shape index (κ3) is 3.96. The summed E-state index contributed by atoms with van der Waals surface area (Å²) >= 11 is 0. The molecule has 1 aromatic heterocycles. The minimum Gasteiger partial charge on any atom is -0.492 e. The van der Waals surface area contributed by atoms with Crippen LogP contribution in [0.4, 0.5) is 0 Å². The summed E-state index contributed by atoms with van der Waals surface area (Å²) in [5.74, 6) is 0.954. The molecule has 1 N–H and O–H groups in total. The van der Waals surface area contributed by atoms with E-state index in [9.17, 15) is 0 Å². The lowest BCUT2D eigenvalue weighted by atomic mass is 10.2. The monoisotopic (exact) mass is 249 g/mol. The topological polar surface area (TPSA) is 37.4 Å². The van der Waals surface area contributed by atoms with Crippen LogP contribution in [0.15, 0.2) is 18.5 Å². The van der Waals surface area contributed by atoms with Crippen molar-refractivity contribution < 1.29 is 4.74 Å². The molecule has 1 aliphatic rings. The molecule has 4 heteroatoms. The Bertz CT molecular complexity index is 366. The average Bonchev–Trinajstić information content (AvgIpc) is 3.22. The van der Waals surface area contributed by atoms with Crippen LogP contribution in [0.1, 0.15) is 25.3 Å². The van der Waals surface area contributed by atoms with Gasteiger partial charge in [0.05, 0.1) is 0 Å². The van der Waals surface area contributed by atoms with Crippen LogP contribution >= 0.6 is 0 Å². The quantitative estimate of drug-likeness (QED) is 0.760. The third-order valence-electron chi connectivity index (χ3n) is 3.30. The molecule has 0 aliphatic heterocycles. The van der Waals surface area contributed by atoms with Crippen LogP contribution < -0.4 is 10.1 Å². The summed E-state index contributed by atoms with van der Waals surface area (Å²) in [4.78, 5) is 6.53. The van der Waals surface area contributed by atoms with Gasteiger partial charge in [-0.05, 0) is 32.5 Å². The van der Waals surface area contributed by atoms with Gasteiger partial charge in [-0.2, -0.15) is 0 Å². The summed E-state index contributed by atoms with van der Waals surface area (Å²) in [7, 11) is 2.17. The van der Waals surface area contributed by atoms with E-state index >= 15 is 0 Å². The molecule has 18 heavy (non-hydrogen) atoms. The van der Waals surface area contributed by atoms with Crippen LogP contribution in [0.5, 0.6) is 5.75 Å². The second-order valence-electron chi connectivity index (χ2n) is 4.82. The lowest BCUT2D eigenvalue weighted by Gasteiger charge is -2.17. The molecule has 1 aliphatic carbocycles. The lowest BCUT2D eigenvalue weighted by molar-refractivity contribution is 0.230. The number of hydrogen-bond donors (Lipinski definition) is 1. The van der Waals surface area contributed by atoms with Crippen molar-refractivity contribution in [3.8, 4) is 5.75 Å². The number of hydrogen-bond acceptors (Lipinski definition) is 4. The van der Waals surface area contributed by atoms with E-state index < -0.39 is 0 Å². The largest absolute Gasteiger partial charge is 0.492 e. The Balaban J connectivity index is 1.79. The van der Waals surface area contributed by atoms with Gasteiger partial charge in [-0.1, -0.05) is 6.92 Å². The molecule has 0 saturated heterocycles. The van der Waals surface area contributed by atoms with Crippen molar-refractivity contribution >= 4 is 0 Å². The summed E-state index contributed by atoms with van der Waals surface area (Å²) in [5, 5.41) is 3.30. The van der Waals surface area contributed by atoms with E-state index in [1.807, 2.05) is 12.3 Å². The van der Waals surface area contributed by atoms with Crippen molar-refractivity contribution in [2.45, 2.75) is 32.4 Å². The zero-order chi connectivity index (χ0) is 12.8. The van der Waals surface area contributed by atoms with Gasteiger partial charge in [0, 0.05) is 37.1 Å². The molecule has 2 rings (SSSR count). The Labute approximate surface area is 109 Å². The lowest BCUT2D eigenvalue weighted by Crippen LogP contribution is -2.26. The van der Waals surface area contributed by atoms with Gasteiger partial charge in [0.25, 0.3) is 0 Å². The highest BCUT2D eigenvalue weighted by Crippen LogP contribution is 2.25. The third-order valence-corrected chi connectivity index (χ3v) is 3.30. The molecule has 4 nitrogen and oxygen atoms in total. The Morgan fingerprint density at radius 2 is 2.33 bits per heavy atom. The number of nitrogens with one attached hydrogen (secondary N) is 1. The minimum absolute atomic E-state index is 0.746. The standard InChI is InChI=1S/C14H23N3O/c1-3-15-10-12-11-16-7-6-14(12)18-9-8-17(2)13-4-5-13/h6-7,11,13,15H,3-5,8-10H2,1-2H3. The van der Waals surface area contributed by atoms with Gasteiger partial charge in [0.2, 0.25) is 0 Å². The molecule has 0 aromatic carbocycles. The molecule has 0 unspecified atom stereocenters. The van der Waals surface area contributed by atoms with E-state index in [4.69, 9.17) is 4.74 Å². The molecule has 0 radical (unpaired) electrons. The molecule has 1 saturated carbocycles. The number of aromatic nitrogens is 1. The van der Waals surface area contributed by atoms with Crippen molar-refractivity contribution in [3.05, 3.63) is 24.0 Å². The number of rotatable bonds is 8. The zero-order valence-electron chi connectivity index (χ0n) is 11.4. The Kier molecular flexibility index (Phi) is 4.96. The van der Waals surface area contributed by atoms with Crippen LogP contribution in [-0.4, -0.2) is 42.7 Å². The maximum absolute atomic E-state index is 5.86. The fraction of sp³-hybridized carbons (Fsp3) is 0.643. The average molecular weight is 249 g/mol. The van der Waals surface area contributed by atoms with E-state index in [-0.39, 0.29) is 0 Å². The SMILES string of the molecule is CCNCc1cnccc1OCCN(C)C1CC1. The Hall–Kier alpha value is -1.13. The van der Waals surface area contributed by atoms with Crippen LogP contribution in [0.3, 0.4) is 0 Å². The molecule has 0 bridgehead atoms. The number of likely N-dealkylation sites (N-methyl/N-ethyl adjacent to an activating group) is 1. The van der Waals surface area contributed by atoms with Crippen molar-refractivity contribution in [1.29, 1.82) is 0 Å².